The molecule has 2 N–H and O–H groups in total. The van der Waals surface area contributed by atoms with Gasteiger partial charge >= 0.3 is 5.97 Å². The summed E-state index contributed by atoms with van der Waals surface area (Å²) in [6, 6.07) is 3.82. The van der Waals surface area contributed by atoms with Crippen LogP contribution < -0.4 is 10.6 Å². The topological polar surface area (TPSA) is 97.4 Å². The van der Waals surface area contributed by atoms with Gasteiger partial charge in [-0.2, -0.15) is 0 Å². The zero-order valence-electron chi connectivity index (χ0n) is 14.8. The second kappa shape index (κ2) is 9.44. The van der Waals surface area contributed by atoms with Crippen LogP contribution in [0.25, 0.3) is 0 Å². The van der Waals surface area contributed by atoms with E-state index < -0.39 is 12.1 Å². The number of hydrogen-bond donors (Lipinski definition) is 2. The van der Waals surface area contributed by atoms with E-state index in [1.807, 2.05) is 17.5 Å². The van der Waals surface area contributed by atoms with Gasteiger partial charge in [-0.05, 0) is 18.4 Å². The van der Waals surface area contributed by atoms with Crippen LogP contribution in [0.2, 0.25) is 0 Å². The normalized spacial score (nSPS) is 11.8. The highest BCUT2D eigenvalue weighted by atomic mass is 32.1. The largest absolute Gasteiger partial charge is 0.452 e. The van der Waals surface area contributed by atoms with Crippen molar-refractivity contribution in [2.75, 3.05) is 5.32 Å². The summed E-state index contributed by atoms with van der Waals surface area (Å²) in [6.07, 6.45) is -0.947. The number of carbonyl (C=O) groups excluding carboxylic acids is 3. The lowest BCUT2D eigenvalue weighted by Crippen LogP contribution is -2.35. The number of rotatable bonds is 8. The van der Waals surface area contributed by atoms with Crippen LogP contribution in [0.15, 0.2) is 22.9 Å². The molecule has 0 spiro atoms. The highest BCUT2D eigenvalue weighted by molar-refractivity contribution is 7.14. The molecule has 1 atom stereocenters. The van der Waals surface area contributed by atoms with E-state index in [1.54, 1.807) is 30.6 Å². The third-order valence-corrected chi connectivity index (χ3v) is 5.01. The number of carbonyl (C=O) groups is 3. The molecule has 0 aliphatic heterocycles. The molecule has 0 aliphatic carbocycles. The van der Waals surface area contributed by atoms with Crippen LogP contribution in [0.4, 0.5) is 5.13 Å². The number of aromatic nitrogens is 1. The Morgan fingerprint density at radius 3 is 2.62 bits per heavy atom. The summed E-state index contributed by atoms with van der Waals surface area (Å²) in [5.74, 6) is -1.18. The maximum Gasteiger partial charge on any atom is 0.312 e. The first-order valence-electron chi connectivity index (χ1n) is 8.10. The maximum atomic E-state index is 12.0. The summed E-state index contributed by atoms with van der Waals surface area (Å²) in [5, 5.41) is 9.45. The molecule has 0 fully saturated rings. The fraction of sp³-hybridized carbons (Fsp3) is 0.412. The van der Waals surface area contributed by atoms with Crippen molar-refractivity contribution in [3.63, 3.8) is 0 Å². The molecule has 0 radical (unpaired) electrons. The van der Waals surface area contributed by atoms with Gasteiger partial charge in [0.2, 0.25) is 5.91 Å². The lowest BCUT2D eigenvalue weighted by Gasteiger charge is -2.12. The van der Waals surface area contributed by atoms with Crippen molar-refractivity contribution >= 4 is 45.6 Å². The molecule has 26 heavy (non-hydrogen) atoms. The van der Waals surface area contributed by atoms with E-state index in [1.165, 1.54) is 18.3 Å². The molecule has 0 aliphatic rings. The maximum absolute atomic E-state index is 12.0. The van der Waals surface area contributed by atoms with E-state index in [0.717, 1.165) is 4.88 Å². The van der Waals surface area contributed by atoms with Crippen LogP contribution in [0.1, 0.15) is 31.3 Å². The van der Waals surface area contributed by atoms with E-state index in [2.05, 4.69) is 15.6 Å². The Hall–Kier alpha value is -2.26. The van der Waals surface area contributed by atoms with E-state index >= 15 is 0 Å². The number of anilines is 1. The standard InChI is InChI=1S/C17H21N3O4S2/c1-10(2)15(22)20-17-19-12(9-26-17)7-14(21)24-11(3)16(23)18-8-13-5-4-6-25-13/h4-6,9-11H,7-8H2,1-3H3,(H,18,23)(H,19,20,22). The number of nitrogens with zero attached hydrogens (tertiary/aromatic N) is 1. The van der Waals surface area contributed by atoms with Crippen LogP contribution in [0, 0.1) is 5.92 Å². The molecule has 0 bridgehead atoms. The predicted octanol–water partition coefficient (Wildman–Crippen LogP) is 2.59. The van der Waals surface area contributed by atoms with Gasteiger partial charge in [0.25, 0.3) is 5.91 Å². The molecule has 0 saturated heterocycles. The highest BCUT2D eigenvalue weighted by Crippen LogP contribution is 2.17. The summed E-state index contributed by atoms with van der Waals surface area (Å²) < 4.78 is 5.14. The Morgan fingerprint density at radius 2 is 1.96 bits per heavy atom. The molecule has 7 nitrogen and oxygen atoms in total. The number of hydrogen-bond acceptors (Lipinski definition) is 7. The minimum atomic E-state index is -0.888. The number of thiophene rings is 1. The molecule has 1 unspecified atom stereocenters. The van der Waals surface area contributed by atoms with Crippen LogP contribution >= 0.6 is 22.7 Å². The third-order valence-electron chi connectivity index (χ3n) is 3.33. The van der Waals surface area contributed by atoms with E-state index in [9.17, 15) is 14.4 Å². The van der Waals surface area contributed by atoms with Crippen LogP contribution in [-0.4, -0.2) is 28.9 Å². The molecule has 2 rings (SSSR count). The van der Waals surface area contributed by atoms with Gasteiger partial charge in [0.15, 0.2) is 11.2 Å². The molecule has 140 valence electrons. The average Bonchev–Trinajstić information content (AvgIpc) is 3.24. The summed E-state index contributed by atoms with van der Waals surface area (Å²) in [7, 11) is 0. The first-order chi connectivity index (χ1) is 12.3. The van der Waals surface area contributed by atoms with E-state index in [4.69, 9.17) is 4.74 Å². The van der Waals surface area contributed by atoms with Crippen LogP contribution in [0.5, 0.6) is 0 Å². The Balaban J connectivity index is 1.77. The minimum absolute atomic E-state index is 0.0589. The van der Waals surface area contributed by atoms with Gasteiger partial charge in [-0.1, -0.05) is 19.9 Å². The quantitative estimate of drug-likeness (QED) is 0.670. The molecule has 2 aromatic rings. The minimum Gasteiger partial charge on any atom is -0.452 e. The van der Waals surface area contributed by atoms with Gasteiger partial charge in [-0.15, -0.1) is 22.7 Å². The average molecular weight is 396 g/mol. The molecule has 2 aromatic heterocycles. The Kier molecular flexibility index (Phi) is 7.28. The lowest BCUT2D eigenvalue weighted by atomic mass is 10.2. The number of esters is 1. The summed E-state index contributed by atoms with van der Waals surface area (Å²) >= 11 is 2.78. The van der Waals surface area contributed by atoms with Gasteiger partial charge in [0, 0.05) is 16.2 Å². The van der Waals surface area contributed by atoms with Gasteiger partial charge in [-0.25, -0.2) is 4.98 Å². The van der Waals surface area contributed by atoms with Crippen molar-refractivity contribution < 1.29 is 19.1 Å². The molecule has 2 heterocycles. The molecular formula is C17H21N3O4S2. The Bertz CT molecular complexity index is 756. The number of amides is 2. The van der Waals surface area contributed by atoms with E-state index in [0.29, 0.717) is 17.4 Å². The van der Waals surface area contributed by atoms with Gasteiger partial charge in [0.1, 0.15) is 0 Å². The number of thiazole rings is 1. The number of ether oxygens (including phenoxy) is 1. The van der Waals surface area contributed by atoms with Gasteiger partial charge in [-0.3, -0.25) is 14.4 Å². The molecule has 0 saturated carbocycles. The summed E-state index contributed by atoms with van der Waals surface area (Å²) in [4.78, 5) is 40.8. The first-order valence-corrected chi connectivity index (χ1v) is 9.86. The smallest absolute Gasteiger partial charge is 0.312 e. The molecule has 0 aromatic carbocycles. The van der Waals surface area contributed by atoms with Crippen molar-refractivity contribution in [3.05, 3.63) is 33.5 Å². The highest BCUT2D eigenvalue weighted by Gasteiger charge is 2.19. The molecule has 9 heteroatoms. The second-order valence-electron chi connectivity index (χ2n) is 5.89. The first kappa shape index (κ1) is 20.1. The lowest BCUT2D eigenvalue weighted by molar-refractivity contribution is -0.154. The van der Waals surface area contributed by atoms with Crippen molar-refractivity contribution in [1.82, 2.24) is 10.3 Å². The van der Waals surface area contributed by atoms with Crippen molar-refractivity contribution in [2.24, 2.45) is 5.92 Å². The van der Waals surface area contributed by atoms with Crippen molar-refractivity contribution in [1.29, 1.82) is 0 Å². The monoisotopic (exact) mass is 395 g/mol. The zero-order chi connectivity index (χ0) is 19.1. The summed E-state index contributed by atoms with van der Waals surface area (Å²) in [5.41, 5.74) is 0.491. The second-order valence-corrected chi connectivity index (χ2v) is 7.78. The molecule has 2 amide bonds. The van der Waals surface area contributed by atoms with Crippen LogP contribution in [-0.2, 0) is 32.1 Å². The van der Waals surface area contributed by atoms with Gasteiger partial charge in [0.05, 0.1) is 18.7 Å². The summed E-state index contributed by atoms with van der Waals surface area (Å²) in [6.45, 7) is 5.50. The SMILES string of the molecule is CC(C)C(=O)Nc1nc(CC(=O)OC(C)C(=O)NCc2cccs2)cs1. The Morgan fingerprint density at radius 1 is 1.19 bits per heavy atom. The van der Waals surface area contributed by atoms with Crippen molar-refractivity contribution in [2.45, 2.75) is 39.8 Å². The fourth-order valence-electron chi connectivity index (χ4n) is 1.87. The molecular weight excluding hydrogens is 374 g/mol. The fourth-order valence-corrected chi connectivity index (χ4v) is 3.22. The number of nitrogens with one attached hydrogen (secondary N) is 2. The van der Waals surface area contributed by atoms with Crippen molar-refractivity contribution in [3.8, 4) is 0 Å². The Labute approximate surface area is 159 Å². The van der Waals surface area contributed by atoms with Gasteiger partial charge < -0.3 is 15.4 Å². The predicted molar refractivity (Wildman–Crippen MR) is 101 cm³/mol. The van der Waals surface area contributed by atoms with Crippen LogP contribution in [0.3, 0.4) is 0 Å². The third kappa shape index (κ3) is 6.23. The van der Waals surface area contributed by atoms with E-state index in [-0.39, 0.29) is 24.2 Å². The zero-order valence-corrected chi connectivity index (χ0v) is 16.4.